The summed E-state index contributed by atoms with van der Waals surface area (Å²) in [6, 6.07) is 0. The molecule has 0 saturated carbocycles. The summed E-state index contributed by atoms with van der Waals surface area (Å²) in [5.41, 5.74) is 1.39. The molecule has 0 saturated heterocycles. The molecule has 0 N–H and O–H groups in total. The van der Waals surface area contributed by atoms with Gasteiger partial charge in [-0.25, -0.2) is 0 Å². The van der Waals surface area contributed by atoms with Crippen LogP contribution < -0.4 is 0 Å². The number of nitrogens with zero attached hydrogens (tertiary/aromatic N) is 1. The number of hydrogen-bond acceptors (Lipinski definition) is 3. The maximum Gasteiger partial charge on any atom is 0.179 e. The van der Waals surface area contributed by atoms with Crippen molar-refractivity contribution in [2.45, 2.75) is 118 Å². The van der Waals surface area contributed by atoms with Gasteiger partial charge in [-0.3, -0.25) is 9.59 Å². The van der Waals surface area contributed by atoms with Gasteiger partial charge in [-0.1, -0.05) is 79.1 Å². The topological polar surface area (TPSA) is 37.4 Å². The van der Waals surface area contributed by atoms with Crippen molar-refractivity contribution in [3.8, 4) is 0 Å². The number of carbonyl (C=O) groups is 2. The lowest BCUT2D eigenvalue weighted by atomic mass is 9.73. The van der Waals surface area contributed by atoms with E-state index in [0.717, 1.165) is 56.5 Å². The number of unbranched alkanes of at least 4 members (excludes halogenated alkanes) is 8. The highest BCUT2D eigenvalue weighted by Gasteiger charge is 2.38. The second-order valence-electron chi connectivity index (χ2n) is 9.11. The molecule has 0 fully saturated rings. The summed E-state index contributed by atoms with van der Waals surface area (Å²) < 4.78 is 0. The van der Waals surface area contributed by atoms with E-state index in [9.17, 15) is 9.59 Å². The highest BCUT2D eigenvalue weighted by molar-refractivity contribution is 6.07. The molecular weight excluding hydrogens is 346 g/mol. The SMILES string of the molecule is CCCCCCCC(=O)C1=C(C(=O)CCCCCCC)C(C)(C)CCN1CC. The van der Waals surface area contributed by atoms with Crippen LogP contribution in [0.15, 0.2) is 11.3 Å². The summed E-state index contributed by atoms with van der Waals surface area (Å²) in [5, 5.41) is 0. The molecule has 1 rings (SSSR count). The summed E-state index contributed by atoms with van der Waals surface area (Å²) in [6.45, 7) is 12.5. The highest BCUT2D eigenvalue weighted by atomic mass is 16.1. The van der Waals surface area contributed by atoms with Crippen LogP contribution in [0.4, 0.5) is 0 Å². The number of hydrogen-bond donors (Lipinski definition) is 0. The molecule has 0 aromatic heterocycles. The number of allylic oxidation sites excluding steroid dienone is 2. The van der Waals surface area contributed by atoms with Gasteiger partial charge in [0.15, 0.2) is 11.6 Å². The average Bonchev–Trinajstić information content (AvgIpc) is 2.66. The van der Waals surface area contributed by atoms with E-state index >= 15 is 0 Å². The van der Waals surface area contributed by atoms with E-state index in [1.54, 1.807) is 0 Å². The standard InChI is InChI=1S/C25H45NO2/c1-6-9-11-13-15-17-21(27)23-24(22(28)18-16-14-12-10-7-2)26(8-3)20-19-25(23,4)5/h6-20H2,1-5H3. The molecule has 0 spiro atoms. The van der Waals surface area contributed by atoms with Crippen LogP contribution in [0.1, 0.15) is 118 Å². The Balaban J connectivity index is 2.91. The molecule has 28 heavy (non-hydrogen) atoms. The normalized spacial score (nSPS) is 16.5. The number of rotatable bonds is 15. The van der Waals surface area contributed by atoms with Crippen molar-refractivity contribution in [2.75, 3.05) is 13.1 Å². The largest absolute Gasteiger partial charge is 0.369 e. The zero-order chi connectivity index (χ0) is 21.0. The van der Waals surface area contributed by atoms with Crippen molar-refractivity contribution >= 4 is 11.6 Å². The minimum absolute atomic E-state index is 0.195. The number of likely N-dealkylation sites (N-methyl/N-ethyl adjacent to an activating group) is 1. The lowest BCUT2D eigenvalue weighted by Crippen LogP contribution is -2.41. The summed E-state index contributed by atoms with van der Waals surface area (Å²) in [5.74, 6) is 0.412. The Morgan fingerprint density at radius 2 is 1.29 bits per heavy atom. The van der Waals surface area contributed by atoms with Crippen LogP contribution in [0.5, 0.6) is 0 Å². The van der Waals surface area contributed by atoms with Crippen LogP contribution in [-0.4, -0.2) is 29.6 Å². The minimum Gasteiger partial charge on any atom is -0.369 e. The fraction of sp³-hybridized carbons (Fsp3) is 0.840. The van der Waals surface area contributed by atoms with Crippen molar-refractivity contribution in [3.05, 3.63) is 11.3 Å². The lowest BCUT2D eigenvalue weighted by Gasteiger charge is -2.40. The Bertz CT molecular complexity index is 519. The van der Waals surface area contributed by atoms with E-state index in [2.05, 4.69) is 39.5 Å². The molecule has 3 nitrogen and oxygen atoms in total. The summed E-state index contributed by atoms with van der Waals surface area (Å²) >= 11 is 0. The predicted molar refractivity (Wildman–Crippen MR) is 119 cm³/mol. The molecule has 0 atom stereocenters. The minimum atomic E-state index is -0.195. The van der Waals surface area contributed by atoms with Gasteiger partial charge in [0.25, 0.3) is 0 Å². The molecule has 1 aliphatic heterocycles. The fourth-order valence-electron chi connectivity index (χ4n) is 4.29. The fourth-order valence-corrected chi connectivity index (χ4v) is 4.29. The first-order valence-corrected chi connectivity index (χ1v) is 11.9. The zero-order valence-electron chi connectivity index (χ0n) is 19.4. The average molecular weight is 392 g/mol. The van der Waals surface area contributed by atoms with Gasteiger partial charge in [0.1, 0.15) is 0 Å². The van der Waals surface area contributed by atoms with Crippen molar-refractivity contribution in [1.82, 2.24) is 4.90 Å². The third-order valence-electron chi connectivity index (χ3n) is 6.18. The van der Waals surface area contributed by atoms with Gasteiger partial charge in [-0.05, 0) is 31.6 Å². The van der Waals surface area contributed by atoms with Crippen LogP contribution in [0.25, 0.3) is 0 Å². The Morgan fingerprint density at radius 1 is 0.786 bits per heavy atom. The van der Waals surface area contributed by atoms with E-state index < -0.39 is 0 Å². The molecule has 0 amide bonds. The van der Waals surface area contributed by atoms with Crippen molar-refractivity contribution < 1.29 is 9.59 Å². The third kappa shape index (κ3) is 7.72. The quantitative estimate of drug-likeness (QED) is 0.286. The second kappa shape index (κ2) is 13.2. The molecular formula is C25H45NO2. The monoisotopic (exact) mass is 391 g/mol. The van der Waals surface area contributed by atoms with Crippen LogP contribution in [0.3, 0.4) is 0 Å². The highest BCUT2D eigenvalue weighted by Crippen LogP contribution is 2.40. The van der Waals surface area contributed by atoms with Crippen LogP contribution in [-0.2, 0) is 9.59 Å². The third-order valence-corrected chi connectivity index (χ3v) is 6.18. The van der Waals surface area contributed by atoms with Gasteiger partial charge in [-0.15, -0.1) is 0 Å². The maximum absolute atomic E-state index is 13.2. The molecule has 0 aromatic rings. The zero-order valence-corrected chi connectivity index (χ0v) is 19.4. The van der Waals surface area contributed by atoms with Gasteiger partial charge in [0.05, 0.1) is 5.70 Å². The molecule has 0 radical (unpaired) electrons. The van der Waals surface area contributed by atoms with E-state index in [0.29, 0.717) is 12.8 Å². The summed E-state index contributed by atoms with van der Waals surface area (Å²) in [4.78, 5) is 28.5. The first-order valence-electron chi connectivity index (χ1n) is 11.9. The van der Waals surface area contributed by atoms with E-state index in [1.165, 1.54) is 38.5 Å². The van der Waals surface area contributed by atoms with E-state index in [4.69, 9.17) is 0 Å². The Kier molecular flexibility index (Phi) is 11.7. The predicted octanol–water partition coefficient (Wildman–Crippen LogP) is 6.85. The van der Waals surface area contributed by atoms with Crippen molar-refractivity contribution in [1.29, 1.82) is 0 Å². The summed E-state index contributed by atoms with van der Waals surface area (Å²) in [7, 11) is 0. The molecule has 1 aliphatic rings. The molecule has 0 unspecified atom stereocenters. The number of carbonyl (C=O) groups excluding carboxylic acids is 2. The van der Waals surface area contributed by atoms with Gasteiger partial charge in [0, 0.05) is 31.5 Å². The van der Waals surface area contributed by atoms with Gasteiger partial charge < -0.3 is 4.90 Å². The Morgan fingerprint density at radius 3 is 1.79 bits per heavy atom. The van der Waals surface area contributed by atoms with Gasteiger partial charge in [0.2, 0.25) is 0 Å². The Hall–Kier alpha value is -1.12. The summed E-state index contributed by atoms with van der Waals surface area (Å²) in [6.07, 6.45) is 13.6. The van der Waals surface area contributed by atoms with E-state index in [1.807, 2.05) is 0 Å². The number of Topliss-reactive ketones (excluding diaryl/α,β-unsaturated/α-hetero) is 2. The first kappa shape index (κ1) is 24.9. The molecule has 3 heteroatoms. The molecule has 0 aromatic carbocycles. The van der Waals surface area contributed by atoms with Crippen molar-refractivity contribution in [3.63, 3.8) is 0 Å². The molecule has 1 heterocycles. The lowest BCUT2D eigenvalue weighted by molar-refractivity contribution is -0.121. The second-order valence-corrected chi connectivity index (χ2v) is 9.11. The van der Waals surface area contributed by atoms with E-state index in [-0.39, 0.29) is 17.0 Å². The van der Waals surface area contributed by atoms with Gasteiger partial charge >= 0.3 is 0 Å². The smallest absolute Gasteiger partial charge is 0.179 e. The molecule has 0 bridgehead atoms. The van der Waals surface area contributed by atoms with Crippen LogP contribution in [0, 0.1) is 5.41 Å². The first-order chi connectivity index (χ1) is 13.4. The maximum atomic E-state index is 13.2. The molecule has 0 aliphatic carbocycles. The molecule has 162 valence electrons. The van der Waals surface area contributed by atoms with Gasteiger partial charge in [-0.2, -0.15) is 0 Å². The number of ketones is 2. The Labute approximate surface area is 174 Å². The van der Waals surface area contributed by atoms with Crippen LogP contribution >= 0.6 is 0 Å². The van der Waals surface area contributed by atoms with Crippen LogP contribution in [0.2, 0.25) is 0 Å². The van der Waals surface area contributed by atoms with Crippen molar-refractivity contribution in [2.24, 2.45) is 5.41 Å².